The molecule has 0 spiro atoms. The molecule has 1 aromatic carbocycles. The maximum Gasteiger partial charge on any atom is 0.404 e. The SMILES string of the molecule is CN1C[C@H](NC(=O)c2cccc3c2OCO3)CC[C@@H]1C(F)(F)F. The first-order valence-electron chi connectivity index (χ1n) is 7.32. The average Bonchev–Trinajstić information content (AvgIpc) is 2.94. The van der Waals surface area contributed by atoms with Crippen molar-refractivity contribution in [3.8, 4) is 11.5 Å². The van der Waals surface area contributed by atoms with Crippen LogP contribution in [0.5, 0.6) is 11.5 Å². The predicted octanol–water partition coefficient (Wildman–Crippen LogP) is 2.17. The zero-order chi connectivity index (χ0) is 16.6. The van der Waals surface area contributed by atoms with Crippen LogP contribution in [0.25, 0.3) is 0 Å². The highest BCUT2D eigenvalue weighted by molar-refractivity contribution is 5.98. The summed E-state index contributed by atoms with van der Waals surface area (Å²) in [5.74, 6) is 0.508. The van der Waals surface area contributed by atoms with Gasteiger partial charge in [-0.1, -0.05) is 6.07 Å². The van der Waals surface area contributed by atoms with Gasteiger partial charge in [-0.3, -0.25) is 9.69 Å². The van der Waals surface area contributed by atoms with Crippen molar-refractivity contribution >= 4 is 5.91 Å². The number of rotatable bonds is 2. The molecule has 0 aromatic heterocycles. The van der Waals surface area contributed by atoms with Gasteiger partial charge >= 0.3 is 6.18 Å². The smallest absolute Gasteiger partial charge is 0.404 e. The number of ether oxygens (including phenoxy) is 2. The van der Waals surface area contributed by atoms with E-state index in [-0.39, 0.29) is 38.1 Å². The number of likely N-dealkylation sites (tertiary alicyclic amines) is 1. The van der Waals surface area contributed by atoms with Crippen LogP contribution in [0.2, 0.25) is 0 Å². The van der Waals surface area contributed by atoms with Gasteiger partial charge in [0.2, 0.25) is 6.79 Å². The van der Waals surface area contributed by atoms with Crippen molar-refractivity contribution in [3.63, 3.8) is 0 Å². The van der Waals surface area contributed by atoms with Gasteiger partial charge in [-0.05, 0) is 32.0 Å². The maximum atomic E-state index is 12.8. The summed E-state index contributed by atoms with van der Waals surface area (Å²) in [4.78, 5) is 13.6. The summed E-state index contributed by atoms with van der Waals surface area (Å²) in [5.41, 5.74) is 0.334. The first-order valence-corrected chi connectivity index (χ1v) is 7.32. The number of benzene rings is 1. The summed E-state index contributed by atoms with van der Waals surface area (Å²) in [6.07, 6.45) is -3.99. The molecule has 23 heavy (non-hydrogen) atoms. The number of likely N-dealkylation sites (N-methyl/N-ethyl adjacent to an activating group) is 1. The molecule has 0 saturated carbocycles. The van der Waals surface area contributed by atoms with Gasteiger partial charge in [0.15, 0.2) is 11.5 Å². The number of halogens is 3. The molecular weight excluding hydrogens is 313 g/mol. The molecule has 0 radical (unpaired) electrons. The van der Waals surface area contributed by atoms with Crippen molar-refractivity contribution in [1.29, 1.82) is 0 Å². The Bertz CT molecular complexity index is 606. The van der Waals surface area contributed by atoms with Crippen LogP contribution in [-0.2, 0) is 0 Å². The highest BCUT2D eigenvalue weighted by Crippen LogP contribution is 2.35. The van der Waals surface area contributed by atoms with Gasteiger partial charge in [0.25, 0.3) is 5.91 Å². The summed E-state index contributed by atoms with van der Waals surface area (Å²) < 4.78 is 49.0. The zero-order valence-electron chi connectivity index (χ0n) is 12.5. The molecular formula is C15H17F3N2O3. The highest BCUT2D eigenvalue weighted by atomic mass is 19.4. The molecule has 2 atom stereocenters. The monoisotopic (exact) mass is 330 g/mol. The van der Waals surface area contributed by atoms with Crippen LogP contribution in [0.3, 0.4) is 0 Å². The molecule has 2 aliphatic rings. The molecule has 0 bridgehead atoms. The van der Waals surface area contributed by atoms with Crippen LogP contribution >= 0.6 is 0 Å². The minimum atomic E-state index is -4.24. The van der Waals surface area contributed by atoms with E-state index >= 15 is 0 Å². The van der Waals surface area contributed by atoms with E-state index < -0.39 is 12.2 Å². The molecule has 1 aromatic rings. The zero-order valence-corrected chi connectivity index (χ0v) is 12.5. The van der Waals surface area contributed by atoms with Crippen LogP contribution in [0.15, 0.2) is 18.2 Å². The molecule has 1 N–H and O–H groups in total. The molecule has 1 amide bonds. The summed E-state index contributed by atoms with van der Waals surface area (Å²) in [7, 11) is 1.42. The Morgan fingerprint density at radius 1 is 1.30 bits per heavy atom. The lowest BCUT2D eigenvalue weighted by atomic mass is 9.98. The Balaban J connectivity index is 1.65. The molecule has 8 heteroatoms. The van der Waals surface area contributed by atoms with Gasteiger partial charge in [-0.15, -0.1) is 0 Å². The predicted molar refractivity (Wildman–Crippen MR) is 75.5 cm³/mol. The number of hydrogen-bond donors (Lipinski definition) is 1. The van der Waals surface area contributed by atoms with Crippen LogP contribution in [0, 0.1) is 0 Å². The fraction of sp³-hybridized carbons (Fsp3) is 0.533. The van der Waals surface area contributed by atoms with E-state index in [0.29, 0.717) is 17.1 Å². The average molecular weight is 330 g/mol. The number of amides is 1. The van der Waals surface area contributed by atoms with E-state index in [1.165, 1.54) is 11.9 Å². The van der Waals surface area contributed by atoms with Crippen molar-refractivity contribution in [2.24, 2.45) is 0 Å². The number of nitrogens with one attached hydrogen (secondary N) is 1. The van der Waals surface area contributed by atoms with E-state index in [4.69, 9.17) is 9.47 Å². The standard InChI is InChI=1S/C15H17F3N2O3/c1-20-7-9(5-6-12(20)15(16,17)18)19-14(21)10-3-2-4-11-13(10)23-8-22-11/h2-4,9,12H,5-8H2,1H3,(H,19,21)/t9-,12-/m1/s1. The van der Waals surface area contributed by atoms with E-state index in [1.807, 2.05) is 0 Å². The third-order valence-corrected chi connectivity index (χ3v) is 4.18. The second kappa shape index (κ2) is 5.92. The van der Waals surface area contributed by atoms with E-state index in [1.54, 1.807) is 18.2 Å². The Kier molecular flexibility index (Phi) is 4.09. The quantitative estimate of drug-likeness (QED) is 0.903. The molecule has 2 heterocycles. The van der Waals surface area contributed by atoms with Crippen LogP contribution in [0.1, 0.15) is 23.2 Å². The Hall–Kier alpha value is -1.96. The molecule has 5 nitrogen and oxygen atoms in total. The summed E-state index contributed by atoms with van der Waals surface area (Å²) >= 11 is 0. The molecule has 3 rings (SSSR count). The van der Waals surface area contributed by atoms with Crippen molar-refractivity contribution in [2.45, 2.75) is 31.1 Å². The van der Waals surface area contributed by atoms with Crippen molar-refractivity contribution in [3.05, 3.63) is 23.8 Å². The van der Waals surface area contributed by atoms with Crippen LogP contribution in [-0.4, -0.2) is 49.5 Å². The summed E-state index contributed by atoms with van der Waals surface area (Å²) in [6.45, 7) is 0.210. The molecule has 126 valence electrons. The number of hydrogen-bond acceptors (Lipinski definition) is 4. The lowest BCUT2D eigenvalue weighted by Crippen LogP contribution is -2.54. The number of fused-ring (bicyclic) bond motifs is 1. The number of nitrogens with zero attached hydrogens (tertiary/aromatic N) is 1. The highest BCUT2D eigenvalue weighted by Gasteiger charge is 2.45. The van der Waals surface area contributed by atoms with E-state index in [9.17, 15) is 18.0 Å². The largest absolute Gasteiger partial charge is 0.454 e. The van der Waals surface area contributed by atoms with Gasteiger partial charge < -0.3 is 14.8 Å². The number of carbonyl (C=O) groups is 1. The third kappa shape index (κ3) is 3.21. The Labute approximate surface area is 131 Å². The van der Waals surface area contributed by atoms with Gasteiger partial charge in [-0.2, -0.15) is 13.2 Å². The Morgan fingerprint density at radius 2 is 2.09 bits per heavy atom. The lowest BCUT2D eigenvalue weighted by Gasteiger charge is -2.38. The van der Waals surface area contributed by atoms with Crippen molar-refractivity contribution in [2.75, 3.05) is 20.4 Å². The topological polar surface area (TPSA) is 50.8 Å². The number of carbonyl (C=O) groups excluding carboxylic acids is 1. The molecule has 0 unspecified atom stereocenters. The summed E-state index contributed by atoms with van der Waals surface area (Å²) in [6, 6.07) is 3.20. The van der Waals surface area contributed by atoms with E-state index in [0.717, 1.165) is 0 Å². The second-order valence-corrected chi connectivity index (χ2v) is 5.78. The number of piperidine rings is 1. The first-order chi connectivity index (χ1) is 10.9. The van der Waals surface area contributed by atoms with Crippen LogP contribution < -0.4 is 14.8 Å². The van der Waals surface area contributed by atoms with Gasteiger partial charge in [0.1, 0.15) is 6.04 Å². The molecule has 1 fully saturated rings. The van der Waals surface area contributed by atoms with Gasteiger partial charge in [0, 0.05) is 12.6 Å². The molecule has 1 saturated heterocycles. The van der Waals surface area contributed by atoms with Crippen molar-refractivity contribution < 1.29 is 27.4 Å². The fourth-order valence-corrected chi connectivity index (χ4v) is 3.05. The second-order valence-electron chi connectivity index (χ2n) is 5.78. The minimum absolute atomic E-state index is 0.0303. The van der Waals surface area contributed by atoms with E-state index in [2.05, 4.69) is 5.32 Å². The lowest BCUT2D eigenvalue weighted by molar-refractivity contribution is -0.188. The number of para-hydroxylation sites is 1. The molecule has 0 aliphatic carbocycles. The first kappa shape index (κ1) is 15.9. The third-order valence-electron chi connectivity index (χ3n) is 4.18. The minimum Gasteiger partial charge on any atom is -0.454 e. The Morgan fingerprint density at radius 3 is 2.78 bits per heavy atom. The number of alkyl halides is 3. The van der Waals surface area contributed by atoms with Gasteiger partial charge in [0.05, 0.1) is 5.56 Å². The molecule has 2 aliphatic heterocycles. The fourth-order valence-electron chi connectivity index (χ4n) is 3.05. The summed E-state index contributed by atoms with van der Waals surface area (Å²) in [5, 5.41) is 2.78. The van der Waals surface area contributed by atoms with Gasteiger partial charge in [-0.25, -0.2) is 0 Å². The van der Waals surface area contributed by atoms with Crippen molar-refractivity contribution in [1.82, 2.24) is 10.2 Å². The van der Waals surface area contributed by atoms with Crippen LogP contribution in [0.4, 0.5) is 13.2 Å². The normalized spacial score (nSPS) is 24.5. The maximum absolute atomic E-state index is 12.8.